The standard InChI is InChI=1S/C13H14O3/c14-11-7-10(12(8-11)13(15)16)6-9-4-2-1-3-5-9/h1-6,11-12,14H,7-8H2,(H,15,16)/b10-6-. The number of carbonyl (C=O) groups is 1. The van der Waals surface area contributed by atoms with Gasteiger partial charge in [0.25, 0.3) is 0 Å². The molecule has 1 aromatic rings. The smallest absolute Gasteiger partial charge is 0.310 e. The molecule has 1 aliphatic rings. The number of benzene rings is 1. The zero-order chi connectivity index (χ0) is 11.5. The van der Waals surface area contributed by atoms with Crippen LogP contribution in [0.25, 0.3) is 6.08 Å². The van der Waals surface area contributed by atoms with E-state index in [0.29, 0.717) is 12.8 Å². The predicted octanol–water partition coefficient (Wildman–Crippen LogP) is 1.93. The monoisotopic (exact) mass is 218 g/mol. The molecule has 0 heterocycles. The molecule has 0 radical (unpaired) electrons. The van der Waals surface area contributed by atoms with Crippen molar-refractivity contribution >= 4 is 12.0 Å². The van der Waals surface area contributed by atoms with Crippen molar-refractivity contribution < 1.29 is 15.0 Å². The van der Waals surface area contributed by atoms with Crippen molar-refractivity contribution in [3.63, 3.8) is 0 Å². The molecule has 2 unspecified atom stereocenters. The van der Waals surface area contributed by atoms with Crippen LogP contribution in [0.5, 0.6) is 0 Å². The average molecular weight is 218 g/mol. The Bertz CT molecular complexity index is 408. The Morgan fingerprint density at radius 1 is 1.31 bits per heavy atom. The lowest BCUT2D eigenvalue weighted by atomic mass is 10.0. The fraction of sp³-hybridized carbons (Fsp3) is 0.308. The van der Waals surface area contributed by atoms with Gasteiger partial charge < -0.3 is 10.2 Å². The van der Waals surface area contributed by atoms with E-state index in [-0.39, 0.29) is 0 Å². The van der Waals surface area contributed by atoms with Gasteiger partial charge in [0.15, 0.2) is 0 Å². The zero-order valence-electron chi connectivity index (χ0n) is 8.84. The Hall–Kier alpha value is -1.61. The Balaban J connectivity index is 2.26. The maximum Gasteiger partial charge on any atom is 0.310 e. The van der Waals surface area contributed by atoms with Gasteiger partial charge in [0.2, 0.25) is 0 Å². The summed E-state index contributed by atoms with van der Waals surface area (Å²) in [6.07, 6.45) is 2.14. The first-order chi connectivity index (χ1) is 7.66. The van der Waals surface area contributed by atoms with Crippen molar-refractivity contribution in [3.05, 3.63) is 41.5 Å². The Labute approximate surface area is 94.0 Å². The molecule has 16 heavy (non-hydrogen) atoms. The van der Waals surface area contributed by atoms with Crippen LogP contribution in [0.3, 0.4) is 0 Å². The van der Waals surface area contributed by atoms with Gasteiger partial charge in [-0.05, 0) is 18.4 Å². The van der Waals surface area contributed by atoms with Crippen LogP contribution in [0.4, 0.5) is 0 Å². The lowest BCUT2D eigenvalue weighted by molar-refractivity contribution is -0.140. The molecule has 0 saturated heterocycles. The molecule has 2 rings (SSSR count). The minimum atomic E-state index is -0.848. The number of aliphatic hydroxyl groups excluding tert-OH is 1. The fourth-order valence-corrected chi connectivity index (χ4v) is 2.10. The van der Waals surface area contributed by atoms with Crippen LogP contribution in [0.15, 0.2) is 35.9 Å². The molecule has 1 aliphatic carbocycles. The quantitative estimate of drug-likeness (QED) is 0.797. The van der Waals surface area contributed by atoms with Crippen LogP contribution in [-0.4, -0.2) is 22.3 Å². The first kappa shape index (κ1) is 10.9. The van der Waals surface area contributed by atoms with Gasteiger partial charge in [0, 0.05) is 0 Å². The molecule has 1 fully saturated rings. The summed E-state index contributed by atoms with van der Waals surface area (Å²) in [5.41, 5.74) is 1.80. The van der Waals surface area contributed by atoms with Crippen LogP contribution in [-0.2, 0) is 4.79 Å². The number of hydrogen-bond acceptors (Lipinski definition) is 2. The van der Waals surface area contributed by atoms with Crippen LogP contribution < -0.4 is 0 Å². The lowest BCUT2D eigenvalue weighted by Gasteiger charge is -2.05. The summed E-state index contributed by atoms with van der Waals surface area (Å²) in [7, 11) is 0. The van der Waals surface area contributed by atoms with Gasteiger partial charge >= 0.3 is 5.97 Å². The molecular weight excluding hydrogens is 204 g/mol. The fourth-order valence-electron chi connectivity index (χ4n) is 2.10. The van der Waals surface area contributed by atoms with Gasteiger partial charge in [-0.15, -0.1) is 0 Å². The third-order valence-electron chi connectivity index (χ3n) is 2.88. The van der Waals surface area contributed by atoms with E-state index in [9.17, 15) is 9.90 Å². The summed E-state index contributed by atoms with van der Waals surface area (Å²) < 4.78 is 0. The van der Waals surface area contributed by atoms with Crippen molar-refractivity contribution in [2.45, 2.75) is 18.9 Å². The minimum Gasteiger partial charge on any atom is -0.481 e. The maximum atomic E-state index is 11.0. The number of hydrogen-bond donors (Lipinski definition) is 2. The highest BCUT2D eigenvalue weighted by Gasteiger charge is 2.32. The van der Waals surface area contributed by atoms with Gasteiger partial charge in [-0.1, -0.05) is 42.0 Å². The Morgan fingerprint density at radius 3 is 2.62 bits per heavy atom. The number of aliphatic carboxylic acids is 1. The van der Waals surface area contributed by atoms with Gasteiger partial charge in [-0.25, -0.2) is 0 Å². The molecule has 3 heteroatoms. The third-order valence-corrected chi connectivity index (χ3v) is 2.88. The molecule has 84 valence electrons. The van der Waals surface area contributed by atoms with Crippen molar-refractivity contribution in [1.82, 2.24) is 0 Å². The van der Waals surface area contributed by atoms with Crippen molar-refractivity contribution in [2.75, 3.05) is 0 Å². The molecule has 1 aromatic carbocycles. The number of rotatable bonds is 2. The molecule has 0 amide bonds. The molecule has 0 aromatic heterocycles. The molecular formula is C13H14O3. The summed E-state index contributed by atoms with van der Waals surface area (Å²) in [4.78, 5) is 11.0. The van der Waals surface area contributed by atoms with Gasteiger partial charge in [-0.2, -0.15) is 0 Å². The Kier molecular flexibility index (Phi) is 3.06. The van der Waals surface area contributed by atoms with E-state index >= 15 is 0 Å². The lowest BCUT2D eigenvalue weighted by Crippen LogP contribution is -2.12. The van der Waals surface area contributed by atoms with Crippen LogP contribution in [0.1, 0.15) is 18.4 Å². The van der Waals surface area contributed by atoms with E-state index in [1.54, 1.807) is 0 Å². The highest BCUT2D eigenvalue weighted by atomic mass is 16.4. The predicted molar refractivity (Wildman–Crippen MR) is 60.8 cm³/mol. The van der Waals surface area contributed by atoms with Gasteiger partial charge in [-0.3, -0.25) is 4.79 Å². The summed E-state index contributed by atoms with van der Waals surface area (Å²) in [5, 5.41) is 18.5. The zero-order valence-corrected chi connectivity index (χ0v) is 8.84. The molecule has 3 nitrogen and oxygen atoms in total. The molecule has 0 aliphatic heterocycles. The van der Waals surface area contributed by atoms with E-state index in [0.717, 1.165) is 11.1 Å². The van der Waals surface area contributed by atoms with Gasteiger partial charge in [0.05, 0.1) is 12.0 Å². The Morgan fingerprint density at radius 2 is 2.00 bits per heavy atom. The number of carboxylic acids is 1. The van der Waals surface area contributed by atoms with E-state index in [1.165, 1.54) is 0 Å². The minimum absolute atomic E-state index is 0.327. The van der Waals surface area contributed by atoms with E-state index in [1.807, 2.05) is 36.4 Å². The van der Waals surface area contributed by atoms with Gasteiger partial charge in [0.1, 0.15) is 0 Å². The first-order valence-electron chi connectivity index (χ1n) is 5.33. The average Bonchev–Trinajstić information content (AvgIpc) is 2.61. The first-order valence-corrected chi connectivity index (χ1v) is 5.33. The van der Waals surface area contributed by atoms with Crippen molar-refractivity contribution in [3.8, 4) is 0 Å². The third kappa shape index (κ3) is 2.31. The summed E-state index contributed by atoms with van der Waals surface area (Å²) in [6, 6.07) is 9.59. The number of carboxylic acid groups (broad SMARTS) is 1. The number of aliphatic hydroxyl groups is 1. The summed E-state index contributed by atoms with van der Waals surface area (Å²) in [5.74, 6) is -1.38. The SMILES string of the molecule is O=C(O)C1CC(O)C/C1=C/c1ccccc1. The van der Waals surface area contributed by atoms with E-state index < -0.39 is 18.0 Å². The topological polar surface area (TPSA) is 57.5 Å². The second-order valence-electron chi connectivity index (χ2n) is 4.11. The molecule has 1 saturated carbocycles. The summed E-state index contributed by atoms with van der Waals surface area (Å²) in [6.45, 7) is 0. The van der Waals surface area contributed by atoms with E-state index in [2.05, 4.69) is 0 Å². The van der Waals surface area contributed by atoms with Crippen LogP contribution in [0, 0.1) is 5.92 Å². The molecule has 0 bridgehead atoms. The van der Waals surface area contributed by atoms with Crippen molar-refractivity contribution in [2.24, 2.45) is 5.92 Å². The summed E-state index contributed by atoms with van der Waals surface area (Å²) >= 11 is 0. The second-order valence-corrected chi connectivity index (χ2v) is 4.11. The van der Waals surface area contributed by atoms with E-state index in [4.69, 9.17) is 5.11 Å². The second kappa shape index (κ2) is 4.49. The normalized spacial score (nSPS) is 27.2. The van der Waals surface area contributed by atoms with Crippen LogP contribution in [0.2, 0.25) is 0 Å². The van der Waals surface area contributed by atoms with Crippen molar-refractivity contribution in [1.29, 1.82) is 0 Å². The maximum absolute atomic E-state index is 11.0. The molecule has 2 N–H and O–H groups in total. The molecule has 0 spiro atoms. The largest absolute Gasteiger partial charge is 0.481 e. The van der Waals surface area contributed by atoms with Crippen LogP contribution >= 0.6 is 0 Å². The molecule has 2 atom stereocenters. The highest BCUT2D eigenvalue weighted by molar-refractivity contribution is 5.77. The highest BCUT2D eigenvalue weighted by Crippen LogP contribution is 2.33.